The molecule has 0 aliphatic heterocycles. The molecule has 0 saturated carbocycles. The van der Waals surface area contributed by atoms with Gasteiger partial charge < -0.3 is 5.32 Å². The molecular weight excluding hydrogens is 318 g/mol. The zero-order valence-electron chi connectivity index (χ0n) is 14.4. The second kappa shape index (κ2) is 7.98. The molecule has 2 aromatic rings. The van der Waals surface area contributed by atoms with E-state index in [2.05, 4.69) is 16.4 Å². The number of thioether (sulfide) groups is 1. The monoisotopic (exact) mass is 339 g/mol. The summed E-state index contributed by atoms with van der Waals surface area (Å²) in [5.74, 6) is 0.166. The van der Waals surface area contributed by atoms with Crippen molar-refractivity contribution in [3.05, 3.63) is 58.3 Å². The fraction of sp³-hybridized carbons (Fsp3) is 0.316. The van der Waals surface area contributed by atoms with Gasteiger partial charge in [-0.05, 0) is 44.4 Å². The van der Waals surface area contributed by atoms with Crippen LogP contribution in [0.4, 0.5) is 0 Å². The number of aromatic nitrogens is 1. The molecule has 1 atom stereocenters. The average molecular weight is 339 g/mol. The van der Waals surface area contributed by atoms with Gasteiger partial charge in [-0.3, -0.25) is 4.79 Å². The molecule has 0 bridgehead atoms. The number of nitrogens with one attached hydrogen (secondary N) is 1. The van der Waals surface area contributed by atoms with Crippen molar-refractivity contribution in [1.29, 1.82) is 5.26 Å². The van der Waals surface area contributed by atoms with Gasteiger partial charge in [0.25, 0.3) is 0 Å². The molecule has 1 heterocycles. The van der Waals surface area contributed by atoms with Crippen molar-refractivity contribution >= 4 is 17.7 Å². The Morgan fingerprint density at radius 3 is 2.54 bits per heavy atom. The normalized spacial score (nSPS) is 11.6. The summed E-state index contributed by atoms with van der Waals surface area (Å²) in [5.41, 5.74) is 4.48. The highest BCUT2D eigenvalue weighted by molar-refractivity contribution is 8.00. The Hall–Kier alpha value is -2.32. The molecule has 1 unspecified atom stereocenters. The summed E-state index contributed by atoms with van der Waals surface area (Å²) in [6, 6.07) is 12.0. The van der Waals surface area contributed by atoms with E-state index in [1.54, 1.807) is 0 Å². The van der Waals surface area contributed by atoms with Gasteiger partial charge in [0.15, 0.2) is 0 Å². The minimum atomic E-state index is -0.0714. The highest BCUT2D eigenvalue weighted by Crippen LogP contribution is 2.26. The van der Waals surface area contributed by atoms with Crippen molar-refractivity contribution in [3.8, 4) is 6.07 Å². The number of hydrogen-bond donors (Lipinski definition) is 1. The van der Waals surface area contributed by atoms with Crippen LogP contribution in [0.15, 0.2) is 35.4 Å². The topological polar surface area (TPSA) is 65.8 Å². The maximum absolute atomic E-state index is 12.2. The number of nitriles is 1. The molecule has 0 aliphatic rings. The third-order valence-corrected chi connectivity index (χ3v) is 5.07. The van der Waals surface area contributed by atoms with Gasteiger partial charge in [0, 0.05) is 5.69 Å². The van der Waals surface area contributed by atoms with Gasteiger partial charge in [-0.1, -0.05) is 42.1 Å². The number of amides is 1. The van der Waals surface area contributed by atoms with Crippen LogP contribution in [0, 0.1) is 32.1 Å². The molecule has 0 spiro atoms. The van der Waals surface area contributed by atoms with Crippen molar-refractivity contribution < 1.29 is 4.79 Å². The number of rotatable bonds is 5. The lowest BCUT2D eigenvalue weighted by atomic mass is 10.1. The summed E-state index contributed by atoms with van der Waals surface area (Å²) in [7, 11) is 0. The molecule has 0 saturated heterocycles. The van der Waals surface area contributed by atoms with E-state index in [4.69, 9.17) is 0 Å². The molecule has 24 heavy (non-hydrogen) atoms. The van der Waals surface area contributed by atoms with Crippen LogP contribution >= 0.6 is 11.8 Å². The van der Waals surface area contributed by atoms with Crippen molar-refractivity contribution in [2.75, 3.05) is 5.75 Å². The van der Waals surface area contributed by atoms with Crippen LogP contribution in [0.5, 0.6) is 0 Å². The molecule has 0 aliphatic carbocycles. The minimum absolute atomic E-state index is 0.0517. The third-order valence-electron chi connectivity index (χ3n) is 4.09. The Labute approximate surface area is 147 Å². The summed E-state index contributed by atoms with van der Waals surface area (Å²) in [6.07, 6.45) is 0. The number of aryl methyl sites for hydroxylation is 1. The first-order valence-electron chi connectivity index (χ1n) is 7.79. The van der Waals surface area contributed by atoms with Crippen LogP contribution < -0.4 is 5.32 Å². The standard InChI is InChI=1S/C19H21N3OS/c1-12-13(2)17(10-20)19(22-14(12)3)24-11-18(23)21-15(4)16-8-6-5-7-9-16/h5-9,15H,11H2,1-4H3,(H,21,23). The van der Waals surface area contributed by atoms with E-state index >= 15 is 0 Å². The van der Waals surface area contributed by atoms with E-state index in [0.717, 1.165) is 22.4 Å². The Balaban J connectivity index is 2.04. The Bertz CT molecular complexity index is 781. The highest BCUT2D eigenvalue weighted by Gasteiger charge is 2.15. The molecular formula is C19H21N3OS. The predicted molar refractivity (Wildman–Crippen MR) is 96.9 cm³/mol. The van der Waals surface area contributed by atoms with Crippen LogP contribution in [0.3, 0.4) is 0 Å². The lowest BCUT2D eigenvalue weighted by molar-refractivity contribution is -0.119. The zero-order chi connectivity index (χ0) is 17.7. The smallest absolute Gasteiger partial charge is 0.230 e. The maximum atomic E-state index is 12.2. The van der Waals surface area contributed by atoms with Crippen LogP contribution in [0.2, 0.25) is 0 Å². The molecule has 1 aromatic heterocycles. The lowest BCUT2D eigenvalue weighted by Crippen LogP contribution is -2.28. The quantitative estimate of drug-likeness (QED) is 0.840. The second-order valence-electron chi connectivity index (χ2n) is 5.73. The summed E-state index contributed by atoms with van der Waals surface area (Å²) in [5, 5.41) is 13.0. The van der Waals surface area contributed by atoms with Gasteiger partial charge in [0.05, 0.1) is 17.4 Å². The van der Waals surface area contributed by atoms with Crippen LogP contribution in [-0.4, -0.2) is 16.6 Å². The van der Waals surface area contributed by atoms with Crippen molar-refractivity contribution in [3.63, 3.8) is 0 Å². The zero-order valence-corrected chi connectivity index (χ0v) is 15.2. The molecule has 0 radical (unpaired) electrons. The summed E-state index contributed by atoms with van der Waals surface area (Å²) in [4.78, 5) is 16.7. The highest BCUT2D eigenvalue weighted by atomic mass is 32.2. The second-order valence-corrected chi connectivity index (χ2v) is 6.69. The summed E-state index contributed by atoms with van der Waals surface area (Å²) in [6.45, 7) is 7.76. The van der Waals surface area contributed by atoms with E-state index < -0.39 is 0 Å². The van der Waals surface area contributed by atoms with Gasteiger partial charge in [-0.2, -0.15) is 5.26 Å². The van der Waals surface area contributed by atoms with Gasteiger partial charge in [-0.25, -0.2) is 4.98 Å². The van der Waals surface area contributed by atoms with Gasteiger partial charge in [0.1, 0.15) is 11.1 Å². The minimum Gasteiger partial charge on any atom is -0.349 e. The number of carbonyl (C=O) groups is 1. The first-order valence-corrected chi connectivity index (χ1v) is 8.77. The Morgan fingerprint density at radius 2 is 1.92 bits per heavy atom. The molecule has 2 rings (SSSR count). The SMILES string of the molecule is Cc1nc(SCC(=O)NC(C)c2ccccc2)c(C#N)c(C)c1C. The molecule has 4 nitrogen and oxygen atoms in total. The van der Waals surface area contributed by atoms with Gasteiger partial charge in [-0.15, -0.1) is 0 Å². The van der Waals surface area contributed by atoms with Crippen LogP contribution in [0.25, 0.3) is 0 Å². The Kier molecular flexibility index (Phi) is 5.99. The van der Waals surface area contributed by atoms with E-state index in [9.17, 15) is 10.1 Å². The largest absolute Gasteiger partial charge is 0.349 e. The van der Waals surface area contributed by atoms with E-state index in [1.165, 1.54) is 11.8 Å². The van der Waals surface area contributed by atoms with Crippen molar-refractivity contribution in [1.82, 2.24) is 10.3 Å². The number of carbonyl (C=O) groups excluding carboxylic acids is 1. The number of benzene rings is 1. The van der Waals surface area contributed by atoms with Crippen LogP contribution in [0.1, 0.15) is 40.9 Å². The molecule has 124 valence electrons. The Morgan fingerprint density at radius 1 is 1.25 bits per heavy atom. The van der Waals surface area contributed by atoms with Crippen molar-refractivity contribution in [2.24, 2.45) is 0 Å². The van der Waals surface area contributed by atoms with Gasteiger partial charge >= 0.3 is 0 Å². The molecule has 5 heteroatoms. The van der Waals surface area contributed by atoms with E-state index in [0.29, 0.717) is 10.6 Å². The number of hydrogen-bond acceptors (Lipinski definition) is 4. The maximum Gasteiger partial charge on any atom is 0.230 e. The van der Waals surface area contributed by atoms with Gasteiger partial charge in [0.2, 0.25) is 5.91 Å². The molecule has 1 amide bonds. The van der Waals surface area contributed by atoms with E-state index in [1.807, 2.05) is 58.0 Å². The first-order chi connectivity index (χ1) is 11.4. The fourth-order valence-corrected chi connectivity index (χ4v) is 3.29. The third kappa shape index (κ3) is 4.15. The summed E-state index contributed by atoms with van der Waals surface area (Å²) < 4.78 is 0. The average Bonchev–Trinajstić information content (AvgIpc) is 2.58. The number of nitrogens with zero attached hydrogens (tertiary/aromatic N) is 2. The predicted octanol–water partition coefficient (Wildman–Crippen LogP) is 3.85. The number of pyridine rings is 1. The first kappa shape index (κ1) is 18.0. The lowest BCUT2D eigenvalue weighted by Gasteiger charge is -2.15. The summed E-state index contributed by atoms with van der Waals surface area (Å²) >= 11 is 1.31. The molecule has 1 aromatic carbocycles. The fourth-order valence-electron chi connectivity index (χ4n) is 2.39. The van der Waals surface area contributed by atoms with Crippen LogP contribution in [-0.2, 0) is 4.79 Å². The van der Waals surface area contributed by atoms with Crippen molar-refractivity contribution in [2.45, 2.75) is 38.8 Å². The van der Waals surface area contributed by atoms with E-state index in [-0.39, 0.29) is 17.7 Å². The molecule has 1 N–H and O–H groups in total. The molecule has 0 fully saturated rings.